The third-order valence-electron chi connectivity index (χ3n) is 3.44. The Morgan fingerprint density at radius 2 is 1.77 bits per heavy atom. The van der Waals surface area contributed by atoms with E-state index in [-0.39, 0.29) is 0 Å². The molecule has 76 valence electrons. The smallest absolute Gasteiger partial charge is 0.0711 e. The molecule has 0 amide bonds. The van der Waals surface area contributed by atoms with Crippen molar-refractivity contribution in [3.05, 3.63) is 0 Å². The topological polar surface area (TPSA) is 27.3 Å². The molecular formula is C10H21N3. The van der Waals surface area contributed by atoms with Crippen molar-refractivity contribution in [3.8, 4) is 0 Å². The molecule has 0 unspecified atom stereocenters. The molecule has 0 saturated carbocycles. The summed E-state index contributed by atoms with van der Waals surface area (Å²) in [5.41, 5.74) is 0.296. The predicted molar refractivity (Wildman–Crippen MR) is 54.7 cm³/mol. The van der Waals surface area contributed by atoms with Crippen LogP contribution in [0.4, 0.5) is 0 Å². The Labute approximate surface area is 80.9 Å². The molecule has 0 radical (unpaired) electrons. The fourth-order valence-electron chi connectivity index (χ4n) is 2.41. The van der Waals surface area contributed by atoms with E-state index < -0.39 is 0 Å². The van der Waals surface area contributed by atoms with Gasteiger partial charge in [-0.25, -0.2) is 0 Å². The highest BCUT2D eigenvalue weighted by atomic mass is 15.3. The molecule has 0 atom stereocenters. The lowest BCUT2D eigenvalue weighted by molar-refractivity contribution is 0.0980. The van der Waals surface area contributed by atoms with Crippen molar-refractivity contribution in [2.24, 2.45) is 0 Å². The molecule has 3 heteroatoms. The van der Waals surface area contributed by atoms with Gasteiger partial charge in [-0.3, -0.25) is 10.6 Å². The molecule has 2 fully saturated rings. The Balaban J connectivity index is 1.87. The highest BCUT2D eigenvalue weighted by Crippen LogP contribution is 2.20. The van der Waals surface area contributed by atoms with Crippen LogP contribution < -0.4 is 10.6 Å². The number of hydrogen-bond donors (Lipinski definition) is 2. The summed E-state index contributed by atoms with van der Waals surface area (Å²) in [6.45, 7) is 8.33. The number of piperidine rings is 1. The van der Waals surface area contributed by atoms with Gasteiger partial charge in [-0.1, -0.05) is 6.92 Å². The Hall–Kier alpha value is -0.120. The van der Waals surface area contributed by atoms with Gasteiger partial charge in [0.25, 0.3) is 0 Å². The summed E-state index contributed by atoms with van der Waals surface area (Å²) in [5, 5.41) is 7.28. The number of nitrogens with zero attached hydrogens (tertiary/aromatic N) is 1. The second-order valence-electron chi connectivity index (χ2n) is 4.22. The van der Waals surface area contributed by atoms with Crippen LogP contribution in [0.25, 0.3) is 0 Å². The first-order valence-electron chi connectivity index (χ1n) is 5.57. The molecule has 2 saturated heterocycles. The van der Waals surface area contributed by atoms with Gasteiger partial charge >= 0.3 is 0 Å². The molecule has 2 rings (SSSR count). The van der Waals surface area contributed by atoms with E-state index in [1.807, 2.05) is 0 Å². The second kappa shape index (κ2) is 3.95. The minimum atomic E-state index is 0.296. The summed E-state index contributed by atoms with van der Waals surface area (Å²) in [6, 6.07) is 0. The first-order valence-corrected chi connectivity index (χ1v) is 5.57. The zero-order valence-corrected chi connectivity index (χ0v) is 8.60. The van der Waals surface area contributed by atoms with Gasteiger partial charge in [0.05, 0.1) is 5.66 Å². The van der Waals surface area contributed by atoms with Gasteiger partial charge in [-0.15, -0.1) is 0 Å². The summed E-state index contributed by atoms with van der Waals surface area (Å²) in [5.74, 6) is 0. The van der Waals surface area contributed by atoms with Crippen LogP contribution in [0.15, 0.2) is 0 Å². The molecule has 0 aliphatic carbocycles. The first-order chi connectivity index (χ1) is 6.35. The lowest BCUT2D eigenvalue weighted by Crippen LogP contribution is -2.65. The zero-order valence-electron chi connectivity index (χ0n) is 8.60. The second-order valence-corrected chi connectivity index (χ2v) is 4.22. The molecule has 2 aliphatic heterocycles. The van der Waals surface area contributed by atoms with Crippen LogP contribution in [0, 0.1) is 0 Å². The Bertz CT molecular complexity index is 154. The molecule has 0 aromatic heterocycles. The molecule has 2 aliphatic rings. The van der Waals surface area contributed by atoms with Crippen molar-refractivity contribution in [2.45, 2.75) is 31.8 Å². The summed E-state index contributed by atoms with van der Waals surface area (Å²) < 4.78 is 0. The van der Waals surface area contributed by atoms with Crippen molar-refractivity contribution in [3.63, 3.8) is 0 Å². The van der Waals surface area contributed by atoms with E-state index in [4.69, 9.17) is 0 Å². The van der Waals surface area contributed by atoms with E-state index in [2.05, 4.69) is 22.5 Å². The van der Waals surface area contributed by atoms with Crippen molar-refractivity contribution >= 4 is 0 Å². The van der Waals surface area contributed by atoms with Crippen molar-refractivity contribution in [1.29, 1.82) is 0 Å². The molecule has 1 spiro atoms. The number of hydrogen-bond acceptors (Lipinski definition) is 3. The van der Waals surface area contributed by atoms with E-state index in [0.717, 1.165) is 0 Å². The normalized spacial score (nSPS) is 29.3. The molecule has 2 heterocycles. The van der Waals surface area contributed by atoms with Gasteiger partial charge in [-0.05, 0) is 38.9 Å². The average molecular weight is 183 g/mol. The molecule has 0 aromatic rings. The fourth-order valence-corrected chi connectivity index (χ4v) is 2.41. The third-order valence-corrected chi connectivity index (χ3v) is 3.44. The van der Waals surface area contributed by atoms with E-state index in [1.165, 1.54) is 52.0 Å². The lowest BCUT2D eigenvalue weighted by atomic mass is 9.94. The number of likely N-dealkylation sites (tertiary alicyclic amines) is 1. The van der Waals surface area contributed by atoms with Gasteiger partial charge in [0.15, 0.2) is 0 Å². The van der Waals surface area contributed by atoms with Crippen molar-refractivity contribution < 1.29 is 0 Å². The average Bonchev–Trinajstić information content (AvgIpc) is 2.20. The van der Waals surface area contributed by atoms with Gasteiger partial charge in [0.2, 0.25) is 0 Å². The molecule has 13 heavy (non-hydrogen) atoms. The van der Waals surface area contributed by atoms with Crippen molar-refractivity contribution in [2.75, 3.05) is 32.7 Å². The van der Waals surface area contributed by atoms with Gasteiger partial charge in [0, 0.05) is 13.1 Å². The summed E-state index contributed by atoms with van der Waals surface area (Å²) >= 11 is 0. The van der Waals surface area contributed by atoms with Crippen LogP contribution >= 0.6 is 0 Å². The monoisotopic (exact) mass is 183 g/mol. The van der Waals surface area contributed by atoms with Gasteiger partial charge < -0.3 is 4.90 Å². The van der Waals surface area contributed by atoms with E-state index in [9.17, 15) is 0 Å². The predicted octanol–water partition coefficient (Wildman–Crippen LogP) is 0.381. The van der Waals surface area contributed by atoms with E-state index in [0.29, 0.717) is 5.66 Å². The van der Waals surface area contributed by atoms with Crippen molar-refractivity contribution in [1.82, 2.24) is 15.5 Å². The zero-order chi connectivity index (χ0) is 9.15. The van der Waals surface area contributed by atoms with Crippen LogP contribution in [0.5, 0.6) is 0 Å². The minimum absolute atomic E-state index is 0.296. The Kier molecular flexibility index (Phi) is 2.86. The van der Waals surface area contributed by atoms with E-state index >= 15 is 0 Å². The standard InChI is InChI=1S/C10H21N3/c1-2-13-8-4-10(5-9-13)11-6-3-7-12-10/h11-12H,2-9H2,1H3. The molecule has 0 aromatic carbocycles. The van der Waals surface area contributed by atoms with E-state index in [1.54, 1.807) is 0 Å². The Morgan fingerprint density at radius 1 is 1.15 bits per heavy atom. The Morgan fingerprint density at radius 3 is 2.31 bits per heavy atom. The van der Waals surface area contributed by atoms with Crippen LogP contribution in [0.2, 0.25) is 0 Å². The molecule has 3 nitrogen and oxygen atoms in total. The first kappa shape index (κ1) is 9.44. The summed E-state index contributed by atoms with van der Waals surface area (Å²) in [7, 11) is 0. The SMILES string of the molecule is CCN1CCC2(CC1)NCCCN2. The van der Waals surface area contributed by atoms with Crippen LogP contribution in [-0.2, 0) is 0 Å². The maximum Gasteiger partial charge on any atom is 0.0711 e. The molecule has 0 bridgehead atoms. The largest absolute Gasteiger partial charge is 0.303 e. The summed E-state index contributed by atoms with van der Waals surface area (Å²) in [6.07, 6.45) is 3.81. The quantitative estimate of drug-likeness (QED) is 0.615. The summed E-state index contributed by atoms with van der Waals surface area (Å²) in [4.78, 5) is 2.53. The highest BCUT2D eigenvalue weighted by Gasteiger charge is 2.34. The maximum absolute atomic E-state index is 3.64. The maximum atomic E-state index is 3.64. The molecule has 2 N–H and O–H groups in total. The van der Waals surface area contributed by atoms with Gasteiger partial charge in [-0.2, -0.15) is 0 Å². The van der Waals surface area contributed by atoms with Gasteiger partial charge in [0.1, 0.15) is 0 Å². The minimum Gasteiger partial charge on any atom is -0.303 e. The molecular weight excluding hydrogens is 162 g/mol. The number of nitrogens with one attached hydrogen (secondary N) is 2. The number of rotatable bonds is 1. The highest BCUT2D eigenvalue weighted by molar-refractivity contribution is 4.93. The van der Waals surface area contributed by atoms with Crippen LogP contribution in [-0.4, -0.2) is 43.3 Å². The third kappa shape index (κ3) is 2.03. The fraction of sp³-hybridized carbons (Fsp3) is 1.00. The van der Waals surface area contributed by atoms with Crippen LogP contribution in [0.1, 0.15) is 26.2 Å². The lowest BCUT2D eigenvalue weighted by Gasteiger charge is -2.45. The van der Waals surface area contributed by atoms with Crippen LogP contribution in [0.3, 0.4) is 0 Å².